The van der Waals surface area contributed by atoms with Gasteiger partial charge in [-0.15, -0.1) is 0 Å². The summed E-state index contributed by atoms with van der Waals surface area (Å²) in [6.45, 7) is 1.83. The van der Waals surface area contributed by atoms with Gasteiger partial charge in [-0.25, -0.2) is 4.98 Å². The van der Waals surface area contributed by atoms with Gasteiger partial charge in [0.1, 0.15) is 0 Å². The van der Waals surface area contributed by atoms with Crippen molar-refractivity contribution in [2.45, 2.75) is 13.1 Å². The molecule has 2 heterocycles. The van der Waals surface area contributed by atoms with Crippen LogP contribution in [-0.4, -0.2) is 26.6 Å². The van der Waals surface area contributed by atoms with Gasteiger partial charge in [-0.05, 0) is 37.3 Å². The van der Waals surface area contributed by atoms with Gasteiger partial charge >= 0.3 is 6.18 Å². The highest BCUT2D eigenvalue weighted by Gasteiger charge is 2.30. The van der Waals surface area contributed by atoms with Crippen molar-refractivity contribution < 1.29 is 23.0 Å². The summed E-state index contributed by atoms with van der Waals surface area (Å²) in [6, 6.07) is 9.95. The second kappa shape index (κ2) is 6.80. The highest BCUT2D eigenvalue weighted by Crippen LogP contribution is 2.35. The van der Waals surface area contributed by atoms with E-state index in [1.54, 1.807) is 28.8 Å². The molecule has 0 aliphatic heterocycles. The fourth-order valence-electron chi connectivity index (χ4n) is 3.25. The quantitative estimate of drug-likeness (QED) is 0.520. The van der Waals surface area contributed by atoms with Gasteiger partial charge in [-0.1, -0.05) is 12.1 Å². The number of hydrogen-bond acceptors (Lipinski definition) is 4. The monoisotopic (exact) mass is 399 g/mol. The van der Waals surface area contributed by atoms with Gasteiger partial charge in [0.05, 0.1) is 36.0 Å². The molecule has 4 rings (SSSR count). The minimum absolute atomic E-state index is 0.00838. The van der Waals surface area contributed by atoms with E-state index in [4.69, 9.17) is 4.74 Å². The molecule has 0 atom stereocenters. The van der Waals surface area contributed by atoms with Crippen molar-refractivity contribution in [3.8, 4) is 34.0 Å². The minimum Gasteiger partial charge on any atom is -0.504 e. The zero-order chi connectivity index (χ0) is 20.8. The van der Waals surface area contributed by atoms with Crippen LogP contribution in [0.3, 0.4) is 0 Å². The summed E-state index contributed by atoms with van der Waals surface area (Å²) < 4.78 is 46.1. The lowest BCUT2D eigenvalue weighted by atomic mass is 10.1. The molecule has 29 heavy (non-hydrogen) atoms. The molecule has 2 aromatic carbocycles. The number of imidazole rings is 1. The first-order valence-electron chi connectivity index (χ1n) is 8.67. The molecule has 0 radical (unpaired) electrons. The number of fused-ring (bicyclic) bond motifs is 1. The Labute approximate surface area is 164 Å². The number of rotatable bonds is 3. The zero-order valence-corrected chi connectivity index (χ0v) is 15.5. The lowest BCUT2D eigenvalue weighted by Gasteiger charge is -2.10. The molecule has 0 saturated carbocycles. The molecule has 0 aliphatic rings. The normalized spacial score (nSPS) is 11.8. The third-order valence-corrected chi connectivity index (χ3v) is 4.62. The molecule has 0 amide bonds. The van der Waals surface area contributed by atoms with Crippen molar-refractivity contribution in [1.29, 1.82) is 0 Å². The predicted octanol–water partition coefficient (Wildman–Crippen LogP) is 5.10. The van der Waals surface area contributed by atoms with Crippen molar-refractivity contribution in [2.75, 3.05) is 7.11 Å². The summed E-state index contributed by atoms with van der Waals surface area (Å²) in [7, 11) is 1.45. The van der Waals surface area contributed by atoms with Crippen molar-refractivity contribution in [1.82, 2.24) is 14.4 Å². The zero-order valence-electron chi connectivity index (χ0n) is 15.5. The summed E-state index contributed by atoms with van der Waals surface area (Å²) >= 11 is 0. The first-order chi connectivity index (χ1) is 13.8. The van der Waals surface area contributed by atoms with Gasteiger partial charge in [0.15, 0.2) is 17.1 Å². The number of hydrogen-bond donors (Lipinski definition) is 1. The van der Waals surface area contributed by atoms with Crippen LogP contribution in [0.1, 0.15) is 11.3 Å². The Morgan fingerprint density at radius 1 is 1.07 bits per heavy atom. The Morgan fingerprint density at radius 3 is 2.59 bits per heavy atom. The first-order valence-corrected chi connectivity index (χ1v) is 8.67. The molecule has 0 aliphatic carbocycles. The number of nitrogens with zero attached hydrogens (tertiary/aromatic N) is 3. The number of ether oxygens (including phenoxy) is 1. The lowest BCUT2D eigenvalue weighted by molar-refractivity contribution is -0.137. The highest BCUT2D eigenvalue weighted by atomic mass is 19.4. The average molecular weight is 399 g/mol. The molecule has 0 unspecified atom stereocenters. The van der Waals surface area contributed by atoms with Crippen LogP contribution < -0.4 is 4.74 Å². The van der Waals surface area contributed by atoms with E-state index < -0.39 is 11.7 Å². The summed E-state index contributed by atoms with van der Waals surface area (Å²) in [5.41, 5.74) is 2.73. The molecular weight excluding hydrogens is 383 g/mol. The van der Waals surface area contributed by atoms with E-state index in [0.717, 1.165) is 23.4 Å². The smallest absolute Gasteiger partial charge is 0.416 e. The van der Waals surface area contributed by atoms with Gasteiger partial charge in [0.2, 0.25) is 0 Å². The Kier molecular flexibility index (Phi) is 4.41. The van der Waals surface area contributed by atoms with Crippen LogP contribution in [0.15, 0.2) is 54.9 Å². The molecule has 0 saturated heterocycles. The van der Waals surface area contributed by atoms with Crippen LogP contribution in [0.2, 0.25) is 0 Å². The third kappa shape index (κ3) is 3.37. The Hall–Kier alpha value is -3.55. The van der Waals surface area contributed by atoms with Crippen LogP contribution in [-0.2, 0) is 6.18 Å². The molecule has 8 heteroatoms. The van der Waals surface area contributed by atoms with Crippen LogP contribution in [0.25, 0.3) is 28.2 Å². The van der Waals surface area contributed by atoms with E-state index in [1.807, 2.05) is 6.92 Å². The number of alkyl halides is 3. The van der Waals surface area contributed by atoms with Crippen LogP contribution in [0, 0.1) is 6.92 Å². The van der Waals surface area contributed by atoms with Crippen LogP contribution in [0.5, 0.6) is 11.5 Å². The molecule has 148 valence electrons. The van der Waals surface area contributed by atoms with E-state index in [9.17, 15) is 18.3 Å². The van der Waals surface area contributed by atoms with Gasteiger partial charge < -0.3 is 9.84 Å². The molecular formula is C21H16F3N3O2. The van der Waals surface area contributed by atoms with E-state index in [1.165, 1.54) is 25.4 Å². The summed E-state index contributed by atoms with van der Waals surface area (Å²) in [4.78, 5) is 8.76. The minimum atomic E-state index is -4.43. The standard InChI is InChI=1S/C21H16F3N3O2/c1-12-20(14-6-7-17(28)18(9-14)29-2)27-11-16(25-10-19(27)26-12)13-4-3-5-15(8-13)21(22,23)24/h3-11,28H,1-2H3. The molecule has 0 bridgehead atoms. The lowest BCUT2D eigenvalue weighted by Crippen LogP contribution is -2.04. The van der Waals surface area contributed by atoms with Crippen molar-refractivity contribution in [3.05, 3.63) is 66.1 Å². The molecule has 1 N–H and O–H groups in total. The number of benzene rings is 2. The summed E-state index contributed by atoms with van der Waals surface area (Å²) in [5.74, 6) is 0.318. The van der Waals surface area contributed by atoms with E-state index in [0.29, 0.717) is 28.3 Å². The average Bonchev–Trinajstić information content (AvgIpc) is 3.03. The van der Waals surface area contributed by atoms with Crippen molar-refractivity contribution in [3.63, 3.8) is 0 Å². The van der Waals surface area contributed by atoms with Gasteiger partial charge in [0.25, 0.3) is 0 Å². The Bertz CT molecular complexity index is 1220. The number of phenolic OH excluding ortho intramolecular Hbond substituents is 1. The number of phenols is 1. The van der Waals surface area contributed by atoms with Gasteiger partial charge in [0, 0.05) is 17.3 Å². The number of aryl methyl sites for hydroxylation is 1. The van der Waals surface area contributed by atoms with E-state index in [-0.39, 0.29) is 5.75 Å². The van der Waals surface area contributed by atoms with Gasteiger partial charge in [-0.3, -0.25) is 9.38 Å². The maximum absolute atomic E-state index is 13.1. The van der Waals surface area contributed by atoms with Crippen molar-refractivity contribution >= 4 is 5.65 Å². The second-order valence-electron chi connectivity index (χ2n) is 6.51. The largest absolute Gasteiger partial charge is 0.504 e. The van der Waals surface area contributed by atoms with Crippen LogP contribution >= 0.6 is 0 Å². The van der Waals surface area contributed by atoms with E-state index >= 15 is 0 Å². The molecule has 0 fully saturated rings. The number of aromatic hydroxyl groups is 1. The maximum Gasteiger partial charge on any atom is 0.416 e. The van der Waals surface area contributed by atoms with E-state index in [2.05, 4.69) is 9.97 Å². The topological polar surface area (TPSA) is 59.7 Å². The SMILES string of the molecule is COc1cc(-c2c(C)nc3cnc(-c4cccc(C(F)(F)F)c4)cn23)ccc1O. The first kappa shape index (κ1) is 18.8. The summed E-state index contributed by atoms with van der Waals surface area (Å²) in [5, 5.41) is 9.85. The fraction of sp³-hybridized carbons (Fsp3) is 0.143. The van der Waals surface area contributed by atoms with Gasteiger partial charge in [-0.2, -0.15) is 13.2 Å². The van der Waals surface area contributed by atoms with Crippen LogP contribution in [0.4, 0.5) is 13.2 Å². The molecule has 2 aromatic heterocycles. The maximum atomic E-state index is 13.1. The molecule has 5 nitrogen and oxygen atoms in total. The molecule has 0 spiro atoms. The Morgan fingerprint density at radius 2 is 1.86 bits per heavy atom. The summed E-state index contributed by atoms with van der Waals surface area (Å²) in [6.07, 6.45) is -1.26. The molecule has 4 aromatic rings. The number of aromatic nitrogens is 3. The number of halogens is 3. The highest BCUT2D eigenvalue weighted by molar-refractivity contribution is 5.71. The number of methoxy groups -OCH3 is 1. The fourth-order valence-corrected chi connectivity index (χ4v) is 3.25. The van der Waals surface area contributed by atoms with Crippen molar-refractivity contribution in [2.24, 2.45) is 0 Å². The Balaban J connectivity index is 1.88. The second-order valence-corrected chi connectivity index (χ2v) is 6.51. The third-order valence-electron chi connectivity index (χ3n) is 4.62. The predicted molar refractivity (Wildman–Crippen MR) is 102 cm³/mol.